The molecule has 5 aromatic rings. The molecule has 5 nitrogen and oxygen atoms in total. The second-order valence-corrected chi connectivity index (χ2v) is 9.26. The lowest BCUT2D eigenvalue weighted by Gasteiger charge is -2.11. The summed E-state index contributed by atoms with van der Waals surface area (Å²) in [6.07, 6.45) is 1.73. The Bertz CT molecular complexity index is 1540. The van der Waals surface area contributed by atoms with Crippen LogP contribution >= 0.6 is 31.9 Å². The molecule has 3 aromatic carbocycles. The summed E-state index contributed by atoms with van der Waals surface area (Å²) in [5.41, 5.74) is 3.11. The molecule has 0 bridgehead atoms. The standard InChI is InChI=1S/C26H16Br2N2O3/c1-33-26(32)16-7-5-15(6-8-16)25(31)21-14-18(28)13-20-19-12-17(27)9-10-22(19)30(24(20)21)23-4-2-3-11-29-23/h2-14H,1H3. The van der Waals surface area contributed by atoms with Crippen molar-refractivity contribution in [2.45, 2.75) is 0 Å². The molecule has 162 valence electrons. The van der Waals surface area contributed by atoms with Crippen LogP contribution in [-0.2, 0) is 4.74 Å². The summed E-state index contributed by atoms with van der Waals surface area (Å²) in [4.78, 5) is 30.1. The lowest BCUT2D eigenvalue weighted by atomic mass is 9.99. The Labute approximate surface area is 206 Å². The zero-order chi connectivity index (χ0) is 23.1. The molecule has 2 heterocycles. The number of aromatic nitrogens is 2. The van der Waals surface area contributed by atoms with E-state index in [1.807, 2.05) is 53.1 Å². The minimum Gasteiger partial charge on any atom is -0.465 e. The van der Waals surface area contributed by atoms with Crippen molar-refractivity contribution >= 4 is 65.4 Å². The number of pyridine rings is 1. The van der Waals surface area contributed by atoms with Gasteiger partial charge in [-0.15, -0.1) is 0 Å². The van der Waals surface area contributed by atoms with Gasteiger partial charge >= 0.3 is 5.97 Å². The molecule has 0 spiro atoms. The topological polar surface area (TPSA) is 61.2 Å². The Hall–Kier alpha value is -3.29. The molecule has 2 aromatic heterocycles. The summed E-state index contributed by atoms with van der Waals surface area (Å²) in [6.45, 7) is 0. The predicted molar refractivity (Wildman–Crippen MR) is 135 cm³/mol. The Kier molecular flexibility index (Phi) is 5.60. The first-order valence-corrected chi connectivity index (χ1v) is 11.6. The lowest BCUT2D eigenvalue weighted by molar-refractivity contribution is 0.0600. The minimum absolute atomic E-state index is 0.156. The Balaban J connectivity index is 1.80. The largest absolute Gasteiger partial charge is 0.465 e. The van der Waals surface area contributed by atoms with E-state index in [2.05, 4.69) is 36.8 Å². The van der Waals surface area contributed by atoms with Crippen LogP contribution in [0.5, 0.6) is 0 Å². The van der Waals surface area contributed by atoms with Crippen molar-refractivity contribution in [1.29, 1.82) is 0 Å². The van der Waals surface area contributed by atoms with Gasteiger partial charge in [0.25, 0.3) is 0 Å². The third kappa shape index (κ3) is 3.77. The molecule has 0 N–H and O–H groups in total. The van der Waals surface area contributed by atoms with Crippen molar-refractivity contribution < 1.29 is 14.3 Å². The zero-order valence-corrected chi connectivity index (χ0v) is 20.6. The molecular weight excluding hydrogens is 548 g/mol. The average molecular weight is 564 g/mol. The summed E-state index contributed by atoms with van der Waals surface area (Å²) in [7, 11) is 1.33. The molecule has 0 radical (unpaired) electrons. The summed E-state index contributed by atoms with van der Waals surface area (Å²) >= 11 is 7.15. The highest BCUT2D eigenvalue weighted by Gasteiger charge is 2.22. The summed E-state index contributed by atoms with van der Waals surface area (Å²) in [6, 6.07) is 22.1. The van der Waals surface area contributed by atoms with Gasteiger partial charge in [-0.2, -0.15) is 0 Å². The van der Waals surface area contributed by atoms with Gasteiger partial charge in [0.05, 0.1) is 23.7 Å². The maximum absolute atomic E-state index is 13.7. The lowest BCUT2D eigenvalue weighted by Crippen LogP contribution is -2.07. The Morgan fingerprint density at radius 3 is 2.27 bits per heavy atom. The van der Waals surface area contributed by atoms with Gasteiger partial charge in [0, 0.05) is 37.0 Å². The van der Waals surface area contributed by atoms with Gasteiger partial charge in [-0.05, 0) is 54.6 Å². The number of halogens is 2. The number of esters is 1. The molecule has 0 aliphatic heterocycles. The molecule has 5 rings (SSSR count). The van der Waals surface area contributed by atoms with E-state index in [9.17, 15) is 9.59 Å². The third-order valence-corrected chi connectivity index (χ3v) is 6.43. The van der Waals surface area contributed by atoms with Crippen molar-refractivity contribution in [3.8, 4) is 5.82 Å². The molecule has 0 aliphatic carbocycles. The number of methoxy groups -OCH3 is 1. The first-order chi connectivity index (χ1) is 16.0. The van der Waals surface area contributed by atoms with Gasteiger partial charge in [0.1, 0.15) is 5.82 Å². The number of carbonyl (C=O) groups is 2. The SMILES string of the molecule is COC(=O)c1ccc(C(=O)c2cc(Br)cc3c4cc(Br)ccc4n(-c4ccccn4)c23)cc1. The van der Waals surface area contributed by atoms with Crippen LogP contribution in [0.25, 0.3) is 27.6 Å². The smallest absolute Gasteiger partial charge is 0.337 e. The number of ether oxygens (including phenoxy) is 1. The van der Waals surface area contributed by atoms with E-state index < -0.39 is 5.97 Å². The average Bonchev–Trinajstić information content (AvgIpc) is 3.16. The second kappa shape index (κ2) is 8.57. The molecule has 7 heteroatoms. The van der Waals surface area contributed by atoms with Crippen LogP contribution in [0.1, 0.15) is 26.3 Å². The number of benzene rings is 3. The van der Waals surface area contributed by atoms with Crippen molar-refractivity contribution in [3.05, 3.63) is 105 Å². The van der Waals surface area contributed by atoms with Crippen molar-refractivity contribution in [2.75, 3.05) is 7.11 Å². The highest BCUT2D eigenvalue weighted by Crippen LogP contribution is 2.37. The summed E-state index contributed by atoms with van der Waals surface area (Å²) in [5.74, 6) is 0.119. The number of hydrogen-bond donors (Lipinski definition) is 0. The number of ketones is 1. The third-order valence-electron chi connectivity index (χ3n) is 5.48. The molecule has 0 fully saturated rings. The number of hydrogen-bond acceptors (Lipinski definition) is 4. The van der Waals surface area contributed by atoms with Crippen LogP contribution in [-0.4, -0.2) is 28.4 Å². The van der Waals surface area contributed by atoms with Crippen molar-refractivity contribution in [2.24, 2.45) is 0 Å². The zero-order valence-electron chi connectivity index (χ0n) is 17.4. The quantitative estimate of drug-likeness (QED) is 0.180. The fraction of sp³-hybridized carbons (Fsp3) is 0.0385. The van der Waals surface area contributed by atoms with E-state index in [0.717, 1.165) is 36.6 Å². The molecule has 0 aliphatic rings. The number of nitrogens with zero attached hydrogens (tertiary/aromatic N) is 2. The van der Waals surface area contributed by atoms with Crippen LogP contribution in [0.4, 0.5) is 0 Å². The van der Waals surface area contributed by atoms with Crippen molar-refractivity contribution in [1.82, 2.24) is 9.55 Å². The fourth-order valence-corrected chi connectivity index (χ4v) is 4.83. The normalized spacial score (nSPS) is 11.1. The van der Waals surface area contributed by atoms with Gasteiger partial charge in [-0.1, -0.05) is 50.1 Å². The maximum Gasteiger partial charge on any atom is 0.337 e. The molecule has 0 saturated carbocycles. The molecular formula is C26H16Br2N2O3. The molecule has 0 unspecified atom stereocenters. The van der Waals surface area contributed by atoms with E-state index in [4.69, 9.17) is 4.74 Å². The van der Waals surface area contributed by atoms with E-state index >= 15 is 0 Å². The monoisotopic (exact) mass is 562 g/mol. The van der Waals surface area contributed by atoms with Crippen LogP contribution in [0.2, 0.25) is 0 Å². The highest BCUT2D eigenvalue weighted by atomic mass is 79.9. The van der Waals surface area contributed by atoms with E-state index in [0.29, 0.717) is 16.7 Å². The van der Waals surface area contributed by atoms with Gasteiger partial charge in [0.15, 0.2) is 5.78 Å². The molecule has 0 amide bonds. The highest BCUT2D eigenvalue weighted by molar-refractivity contribution is 9.10. The maximum atomic E-state index is 13.7. The number of carbonyl (C=O) groups excluding carboxylic acids is 2. The van der Waals surface area contributed by atoms with Gasteiger partial charge in [-0.3, -0.25) is 9.36 Å². The summed E-state index contributed by atoms with van der Waals surface area (Å²) in [5, 5.41) is 1.93. The number of rotatable bonds is 4. The fourth-order valence-electron chi connectivity index (χ4n) is 4.01. The summed E-state index contributed by atoms with van der Waals surface area (Å²) < 4.78 is 8.51. The van der Waals surface area contributed by atoms with Crippen LogP contribution in [0, 0.1) is 0 Å². The van der Waals surface area contributed by atoms with Gasteiger partial charge in [0.2, 0.25) is 0 Å². The second-order valence-electron chi connectivity index (χ2n) is 7.43. The van der Waals surface area contributed by atoms with Gasteiger partial charge < -0.3 is 4.74 Å². The molecule has 0 atom stereocenters. The van der Waals surface area contributed by atoms with E-state index in [1.165, 1.54) is 7.11 Å². The first kappa shape index (κ1) is 21.6. The number of fused-ring (bicyclic) bond motifs is 3. The van der Waals surface area contributed by atoms with E-state index in [-0.39, 0.29) is 5.78 Å². The molecule has 33 heavy (non-hydrogen) atoms. The van der Waals surface area contributed by atoms with Crippen LogP contribution < -0.4 is 0 Å². The Morgan fingerprint density at radius 2 is 1.58 bits per heavy atom. The predicted octanol–water partition coefficient (Wildman–Crippen LogP) is 6.72. The minimum atomic E-state index is -0.445. The molecule has 0 saturated heterocycles. The van der Waals surface area contributed by atoms with Gasteiger partial charge in [-0.25, -0.2) is 9.78 Å². The van der Waals surface area contributed by atoms with E-state index in [1.54, 1.807) is 30.5 Å². The van der Waals surface area contributed by atoms with Crippen LogP contribution in [0.3, 0.4) is 0 Å². The van der Waals surface area contributed by atoms with Crippen molar-refractivity contribution in [3.63, 3.8) is 0 Å². The van der Waals surface area contributed by atoms with Crippen LogP contribution in [0.15, 0.2) is 87.9 Å². The first-order valence-electron chi connectivity index (χ1n) is 10.1. The Morgan fingerprint density at radius 1 is 0.848 bits per heavy atom.